The largest absolute Gasteiger partial charge is 0.443 e. The van der Waals surface area contributed by atoms with E-state index in [9.17, 15) is 4.79 Å². The molecule has 1 aliphatic rings. The molecule has 162 valence electrons. The van der Waals surface area contributed by atoms with Crippen LogP contribution >= 0.6 is 11.6 Å². The lowest BCUT2D eigenvalue weighted by Gasteiger charge is -2.30. The fourth-order valence-electron chi connectivity index (χ4n) is 3.79. The standard InChI is InChI=1S/C24H26ClN3O3/c1-23(2,3)31-22(29)28-19(11-16-8-9-18(25)12-20(16)28)15-6-5-7-17(10-15)24(4)14-30-13-21(26)27-24/h5-12H,13-14H2,1-4H3,(H2,26,27). The second-order valence-corrected chi connectivity index (χ2v) is 9.44. The zero-order valence-corrected chi connectivity index (χ0v) is 18.9. The van der Waals surface area contributed by atoms with Gasteiger partial charge in [0, 0.05) is 10.4 Å². The Kier molecular flexibility index (Phi) is 5.31. The van der Waals surface area contributed by atoms with E-state index in [2.05, 4.69) is 4.99 Å². The maximum atomic E-state index is 13.2. The molecule has 0 aliphatic carbocycles. The smallest absolute Gasteiger partial charge is 0.419 e. The average Bonchev–Trinajstić information content (AvgIpc) is 3.05. The normalized spacial score (nSPS) is 19.3. The molecule has 0 saturated carbocycles. The Bertz CT molecular complexity index is 1190. The molecule has 2 heterocycles. The number of nitrogens with two attached hydrogens (primary N) is 1. The van der Waals surface area contributed by atoms with Gasteiger partial charge in [-0.05, 0) is 63.1 Å². The van der Waals surface area contributed by atoms with Crippen molar-refractivity contribution >= 4 is 34.4 Å². The van der Waals surface area contributed by atoms with Crippen LogP contribution in [-0.2, 0) is 15.0 Å². The number of hydrogen-bond acceptors (Lipinski definition) is 5. The minimum absolute atomic E-state index is 0.336. The maximum absolute atomic E-state index is 13.2. The third-order valence-electron chi connectivity index (χ3n) is 5.15. The number of amidine groups is 1. The molecule has 0 bridgehead atoms. The molecule has 1 aliphatic heterocycles. The molecule has 4 rings (SSSR count). The third-order valence-corrected chi connectivity index (χ3v) is 5.38. The number of hydrogen-bond donors (Lipinski definition) is 1. The first-order chi connectivity index (χ1) is 14.6. The lowest BCUT2D eigenvalue weighted by molar-refractivity contribution is 0.0547. The summed E-state index contributed by atoms with van der Waals surface area (Å²) in [6.45, 7) is 8.29. The van der Waals surface area contributed by atoms with Crippen LogP contribution in [0.25, 0.3) is 22.2 Å². The lowest BCUT2D eigenvalue weighted by atomic mass is 9.91. The van der Waals surface area contributed by atoms with Crippen molar-refractivity contribution in [2.75, 3.05) is 13.2 Å². The summed E-state index contributed by atoms with van der Waals surface area (Å²) in [5, 5.41) is 1.44. The van der Waals surface area contributed by atoms with Gasteiger partial charge >= 0.3 is 6.09 Å². The van der Waals surface area contributed by atoms with Crippen LogP contribution in [0.2, 0.25) is 5.02 Å². The van der Waals surface area contributed by atoms with E-state index >= 15 is 0 Å². The van der Waals surface area contributed by atoms with Gasteiger partial charge in [0.1, 0.15) is 23.6 Å². The van der Waals surface area contributed by atoms with Crippen molar-refractivity contribution in [3.8, 4) is 11.3 Å². The minimum Gasteiger partial charge on any atom is -0.443 e. The Hall–Kier alpha value is -2.83. The van der Waals surface area contributed by atoms with Gasteiger partial charge in [-0.25, -0.2) is 9.36 Å². The summed E-state index contributed by atoms with van der Waals surface area (Å²) in [4.78, 5) is 17.8. The predicted molar refractivity (Wildman–Crippen MR) is 124 cm³/mol. The van der Waals surface area contributed by atoms with Gasteiger partial charge < -0.3 is 15.2 Å². The average molecular weight is 440 g/mol. The Labute approximate surface area is 186 Å². The van der Waals surface area contributed by atoms with Crippen molar-refractivity contribution in [3.63, 3.8) is 0 Å². The van der Waals surface area contributed by atoms with Crippen LogP contribution in [0.1, 0.15) is 33.3 Å². The maximum Gasteiger partial charge on any atom is 0.419 e. The second-order valence-electron chi connectivity index (χ2n) is 9.00. The SMILES string of the molecule is CC(C)(C)OC(=O)n1c(-c2cccc(C3(C)COCC(N)=N3)c2)cc2ccc(Cl)cc21. The summed E-state index contributed by atoms with van der Waals surface area (Å²) in [5.74, 6) is 0.469. The molecule has 6 nitrogen and oxygen atoms in total. The number of ether oxygens (including phenoxy) is 2. The van der Waals surface area contributed by atoms with Crippen LogP contribution in [0, 0.1) is 0 Å². The predicted octanol–water partition coefficient (Wildman–Crippen LogP) is 5.35. The van der Waals surface area contributed by atoms with Crippen LogP contribution in [-0.4, -0.2) is 35.3 Å². The van der Waals surface area contributed by atoms with E-state index in [1.54, 1.807) is 16.7 Å². The van der Waals surface area contributed by atoms with Gasteiger partial charge in [0.2, 0.25) is 0 Å². The summed E-state index contributed by atoms with van der Waals surface area (Å²) in [7, 11) is 0. The molecular formula is C24H26ClN3O3. The highest BCUT2D eigenvalue weighted by Gasteiger charge is 2.31. The van der Waals surface area contributed by atoms with E-state index < -0.39 is 17.2 Å². The van der Waals surface area contributed by atoms with Crippen LogP contribution in [0.5, 0.6) is 0 Å². The number of carbonyl (C=O) groups is 1. The van der Waals surface area contributed by atoms with Gasteiger partial charge in [-0.3, -0.25) is 4.99 Å². The van der Waals surface area contributed by atoms with Gasteiger partial charge in [0.05, 0.1) is 17.8 Å². The van der Waals surface area contributed by atoms with Gasteiger partial charge in [0.25, 0.3) is 0 Å². The number of carbonyl (C=O) groups excluding carboxylic acids is 1. The molecule has 0 fully saturated rings. The molecule has 0 amide bonds. The van der Waals surface area contributed by atoms with Crippen LogP contribution in [0.15, 0.2) is 53.5 Å². The van der Waals surface area contributed by atoms with Crippen molar-refractivity contribution in [3.05, 3.63) is 59.1 Å². The van der Waals surface area contributed by atoms with E-state index in [1.807, 2.05) is 64.1 Å². The molecule has 7 heteroatoms. The number of nitrogens with zero attached hydrogens (tertiary/aromatic N) is 2. The van der Waals surface area contributed by atoms with Crippen molar-refractivity contribution < 1.29 is 14.3 Å². The second kappa shape index (κ2) is 7.70. The van der Waals surface area contributed by atoms with Gasteiger partial charge in [-0.1, -0.05) is 35.9 Å². The highest BCUT2D eigenvalue weighted by Crippen LogP contribution is 2.35. The highest BCUT2D eigenvalue weighted by molar-refractivity contribution is 6.31. The molecule has 2 aromatic carbocycles. The summed E-state index contributed by atoms with van der Waals surface area (Å²) < 4.78 is 12.9. The number of benzene rings is 2. The summed E-state index contributed by atoms with van der Waals surface area (Å²) in [5.41, 5.74) is 7.92. The van der Waals surface area contributed by atoms with Crippen LogP contribution < -0.4 is 5.73 Å². The van der Waals surface area contributed by atoms with Crippen molar-refractivity contribution in [2.24, 2.45) is 10.7 Å². The van der Waals surface area contributed by atoms with Gasteiger partial charge in [-0.2, -0.15) is 0 Å². The van der Waals surface area contributed by atoms with E-state index in [0.717, 1.165) is 16.5 Å². The molecule has 0 spiro atoms. The first kappa shape index (κ1) is 21.4. The van der Waals surface area contributed by atoms with Gasteiger partial charge in [-0.15, -0.1) is 0 Å². The molecule has 0 saturated heterocycles. The minimum atomic E-state index is -0.634. The van der Waals surface area contributed by atoms with Gasteiger partial charge in [0.15, 0.2) is 0 Å². The molecule has 0 radical (unpaired) electrons. The molecule has 1 unspecified atom stereocenters. The molecule has 31 heavy (non-hydrogen) atoms. The Morgan fingerprint density at radius 2 is 2.00 bits per heavy atom. The third kappa shape index (κ3) is 4.31. The first-order valence-electron chi connectivity index (χ1n) is 10.1. The first-order valence-corrected chi connectivity index (χ1v) is 10.5. The fourth-order valence-corrected chi connectivity index (χ4v) is 3.95. The number of halogens is 1. The summed E-state index contributed by atoms with van der Waals surface area (Å²) >= 11 is 6.24. The van der Waals surface area contributed by atoms with E-state index in [-0.39, 0.29) is 0 Å². The van der Waals surface area contributed by atoms with E-state index in [1.165, 1.54) is 0 Å². The molecule has 1 aromatic heterocycles. The summed E-state index contributed by atoms with van der Waals surface area (Å²) in [6.07, 6.45) is -0.459. The lowest BCUT2D eigenvalue weighted by Crippen LogP contribution is -2.37. The number of aromatic nitrogens is 1. The Morgan fingerprint density at radius 3 is 2.71 bits per heavy atom. The Balaban J connectivity index is 1.88. The van der Waals surface area contributed by atoms with Crippen molar-refractivity contribution in [1.29, 1.82) is 0 Å². The van der Waals surface area contributed by atoms with Crippen molar-refractivity contribution in [2.45, 2.75) is 38.8 Å². The molecule has 3 aromatic rings. The zero-order chi connectivity index (χ0) is 22.4. The monoisotopic (exact) mass is 439 g/mol. The van der Waals surface area contributed by atoms with E-state index in [4.69, 9.17) is 26.8 Å². The summed E-state index contributed by atoms with van der Waals surface area (Å²) in [6, 6.07) is 15.4. The number of aliphatic imine (C=N–C) groups is 1. The molecule has 1 atom stereocenters. The van der Waals surface area contributed by atoms with Crippen LogP contribution in [0.4, 0.5) is 4.79 Å². The Morgan fingerprint density at radius 1 is 1.23 bits per heavy atom. The number of rotatable bonds is 2. The van der Waals surface area contributed by atoms with Crippen molar-refractivity contribution in [1.82, 2.24) is 4.57 Å². The molecule has 2 N–H and O–H groups in total. The quantitative estimate of drug-likeness (QED) is 0.583. The number of fused-ring (bicyclic) bond motifs is 1. The highest BCUT2D eigenvalue weighted by atomic mass is 35.5. The molecular weight excluding hydrogens is 414 g/mol. The zero-order valence-electron chi connectivity index (χ0n) is 18.1. The fraction of sp³-hybridized carbons (Fsp3) is 0.333. The topological polar surface area (TPSA) is 78.8 Å². The van der Waals surface area contributed by atoms with Crippen LogP contribution in [0.3, 0.4) is 0 Å². The van der Waals surface area contributed by atoms with E-state index in [0.29, 0.717) is 35.3 Å².